The minimum absolute atomic E-state index is 0.00692. The summed E-state index contributed by atoms with van der Waals surface area (Å²) in [4.78, 5) is 25.4. The Labute approximate surface area is 427 Å². The zero-order valence-electron chi connectivity index (χ0n) is 45.8. The topological polar surface area (TPSA) is 108 Å². The number of phosphoric acid groups is 1. The SMILES string of the molecule is CC/C=C\C/C=C\C/C=C\C/C=C\CCCCCCCCCCCCCCCCCCCCCCCCC(=O)NC(COP(=O)([O-])OCC[N+](C)(C)C)C(O)/C=C/CC/C=C/CCCCCCCC. The third-order valence-electron chi connectivity index (χ3n) is 12.7. The quantitative estimate of drug-likeness (QED) is 0.0272. The molecule has 1 amide bonds. The molecular formula is C60H111N2O6P. The summed E-state index contributed by atoms with van der Waals surface area (Å²) in [6.45, 7) is 4.50. The number of phosphoric ester groups is 1. The van der Waals surface area contributed by atoms with Crippen molar-refractivity contribution >= 4 is 13.7 Å². The normalized spacial score (nSPS) is 14.5. The largest absolute Gasteiger partial charge is 0.756 e. The van der Waals surface area contributed by atoms with E-state index in [-0.39, 0.29) is 12.5 Å². The van der Waals surface area contributed by atoms with Crippen LogP contribution in [0, 0.1) is 0 Å². The zero-order valence-corrected chi connectivity index (χ0v) is 46.6. The molecule has 0 radical (unpaired) electrons. The fourth-order valence-electron chi connectivity index (χ4n) is 8.16. The van der Waals surface area contributed by atoms with Crippen LogP contribution in [0.5, 0.6) is 0 Å². The summed E-state index contributed by atoms with van der Waals surface area (Å²) in [5.41, 5.74) is 0. The summed E-state index contributed by atoms with van der Waals surface area (Å²) in [5, 5.41) is 13.8. The highest BCUT2D eigenvalue weighted by Crippen LogP contribution is 2.38. The number of quaternary nitrogens is 1. The average Bonchev–Trinajstić information content (AvgIpc) is 3.31. The van der Waals surface area contributed by atoms with Gasteiger partial charge in [-0.25, -0.2) is 0 Å². The van der Waals surface area contributed by atoms with Crippen molar-refractivity contribution in [1.29, 1.82) is 0 Å². The number of nitrogens with one attached hydrogen (secondary N) is 1. The van der Waals surface area contributed by atoms with E-state index < -0.39 is 26.6 Å². The molecule has 0 aromatic carbocycles. The van der Waals surface area contributed by atoms with Gasteiger partial charge in [-0.15, -0.1) is 0 Å². The van der Waals surface area contributed by atoms with Crippen molar-refractivity contribution in [3.8, 4) is 0 Å². The molecule has 0 aromatic rings. The summed E-state index contributed by atoms with van der Waals surface area (Å²) >= 11 is 0. The number of hydrogen-bond donors (Lipinski definition) is 2. The van der Waals surface area contributed by atoms with Gasteiger partial charge in [0.05, 0.1) is 39.9 Å². The highest BCUT2D eigenvalue weighted by molar-refractivity contribution is 7.45. The summed E-state index contributed by atoms with van der Waals surface area (Å²) < 4.78 is 23.3. The molecule has 8 nitrogen and oxygen atoms in total. The van der Waals surface area contributed by atoms with Crippen molar-refractivity contribution in [2.75, 3.05) is 40.9 Å². The molecule has 402 valence electrons. The van der Waals surface area contributed by atoms with E-state index >= 15 is 0 Å². The molecule has 0 rings (SSSR count). The highest BCUT2D eigenvalue weighted by atomic mass is 31.2. The molecule has 0 fully saturated rings. The number of carbonyl (C=O) groups is 1. The second-order valence-electron chi connectivity index (χ2n) is 20.6. The smallest absolute Gasteiger partial charge is 0.268 e. The number of amides is 1. The number of carbonyl (C=O) groups excluding carboxylic acids is 1. The Morgan fingerprint density at radius 1 is 0.522 bits per heavy atom. The maximum Gasteiger partial charge on any atom is 0.268 e. The number of allylic oxidation sites excluding steroid dienone is 11. The Morgan fingerprint density at radius 3 is 1.35 bits per heavy atom. The predicted octanol–water partition coefficient (Wildman–Crippen LogP) is 16.9. The van der Waals surface area contributed by atoms with Gasteiger partial charge in [0.2, 0.25) is 5.91 Å². The van der Waals surface area contributed by atoms with E-state index in [1.807, 2.05) is 27.2 Å². The van der Waals surface area contributed by atoms with E-state index in [2.05, 4.69) is 79.9 Å². The van der Waals surface area contributed by atoms with Crippen LogP contribution < -0.4 is 10.2 Å². The second-order valence-corrected chi connectivity index (χ2v) is 22.0. The molecule has 3 unspecified atom stereocenters. The lowest BCUT2D eigenvalue weighted by Crippen LogP contribution is -2.45. The van der Waals surface area contributed by atoms with Crippen LogP contribution in [0.2, 0.25) is 0 Å². The monoisotopic (exact) mass is 987 g/mol. The van der Waals surface area contributed by atoms with E-state index in [0.29, 0.717) is 17.4 Å². The fourth-order valence-corrected chi connectivity index (χ4v) is 8.88. The number of aliphatic hydroxyl groups is 1. The van der Waals surface area contributed by atoms with Crippen LogP contribution in [-0.2, 0) is 18.4 Å². The van der Waals surface area contributed by atoms with Crippen molar-refractivity contribution in [2.45, 2.75) is 264 Å². The third-order valence-corrected chi connectivity index (χ3v) is 13.6. The lowest BCUT2D eigenvalue weighted by molar-refractivity contribution is -0.870. The number of aliphatic hydroxyl groups excluding tert-OH is 1. The van der Waals surface area contributed by atoms with Gasteiger partial charge in [0.1, 0.15) is 13.2 Å². The van der Waals surface area contributed by atoms with Gasteiger partial charge in [-0.05, 0) is 70.6 Å². The van der Waals surface area contributed by atoms with Crippen LogP contribution in [0.4, 0.5) is 0 Å². The van der Waals surface area contributed by atoms with E-state index in [1.165, 1.54) is 167 Å². The van der Waals surface area contributed by atoms with Gasteiger partial charge < -0.3 is 28.8 Å². The molecule has 0 heterocycles. The Balaban J connectivity index is 3.97. The maximum atomic E-state index is 12.9. The second kappa shape index (κ2) is 50.9. The first kappa shape index (κ1) is 66.9. The van der Waals surface area contributed by atoms with E-state index in [4.69, 9.17) is 9.05 Å². The van der Waals surface area contributed by atoms with Gasteiger partial charge in [-0.1, -0.05) is 247 Å². The molecular weight excluding hydrogens is 876 g/mol. The molecule has 69 heavy (non-hydrogen) atoms. The first-order chi connectivity index (χ1) is 33.5. The number of likely N-dealkylation sites (N-methyl/N-ethyl adjacent to an activating group) is 1. The van der Waals surface area contributed by atoms with Crippen molar-refractivity contribution < 1.29 is 32.9 Å². The molecule has 9 heteroatoms. The molecule has 3 atom stereocenters. The van der Waals surface area contributed by atoms with Gasteiger partial charge in [-0.2, -0.15) is 0 Å². The molecule has 0 aromatic heterocycles. The summed E-state index contributed by atoms with van der Waals surface area (Å²) in [6.07, 6.45) is 70.0. The lowest BCUT2D eigenvalue weighted by Gasteiger charge is -2.29. The molecule has 0 aliphatic carbocycles. The summed E-state index contributed by atoms with van der Waals surface area (Å²) in [5.74, 6) is -0.207. The minimum Gasteiger partial charge on any atom is -0.756 e. The molecule has 0 aliphatic rings. The minimum atomic E-state index is -4.60. The highest BCUT2D eigenvalue weighted by Gasteiger charge is 2.23. The Bertz CT molecular complexity index is 1350. The molecule has 0 saturated heterocycles. The molecule has 0 spiro atoms. The summed E-state index contributed by atoms with van der Waals surface area (Å²) in [7, 11) is 1.24. The van der Waals surface area contributed by atoms with Crippen LogP contribution in [0.3, 0.4) is 0 Å². The Morgan fingerprint density at radius 2 is 0.899 bits per heavy atom. The lowest BCUT2D eigenvalue weighted by atomic mass is 10.0. The van der Waals surface area contributed by atoms with Crippen LogP contribution in [0.15, 0.2) is 72.9 Å². The molecule has 0 bridgehead atoms. The predicted molar refractivity (Wildman–Crippen MR) is 297 cm³/mol. The van der Waals surface area contributed by atoms with Crippen molar-refractivity contribution in [1.82, 2.24) is 5.32 Å². The Kier molecular flexibility index (Phi) is 49.3. The van der Waals surface area contributed by atoms with Crippen LogP contribution >= 0.6 is 7.82 Å². The van der Waals surface area contributed by atoms with Crippen molar-refractivity contribution in [3.05, 3.63) is 72.9 Å². The van der Waals surface area contributed by atoms with E-state index in [0.717, 1.165) is 64.2 Å². The summed E-state index contributed by atoms with van der Waals surface area (Å²) in [6, 6.07) is -0.903. The van der Waals surface area contributed by atoms with Gasteiger partial charge in [0, 0.05) is 6.42 Å². The van der Waals surface area contributed by atoms with Crippen molar-refractivity contribution in [2.24, 2.45) is 0 Å². The van der Waals surface area contributed by atoms with E-state index in [9.17, 15) is 19.4 Å². The first-order valence-electron chi connectivity index (χ1n) is 28.8. The van der Waals surface area contributed by atoms with Gasteiger partial charge in [-0.3, -0.25) is 9.36 Å². The standard InChI is InChI=1S/C60H111N2O6P/c1-6-8-10-12-14-16-18-20-21-22-23-24-25-26-27-28-29-30-31-32-33-34-35-36-37-38-39-40-41-42-44-46-48-50-52-54-60(64)61-58(57-68-69(65,66)67-56-55-62(3,4)5)59(63)53-51-49-47-45-43-19-17-15-13-11-9-7-2/h8,10,14,16,20-21,23-24,43,45,51,53,58-59,63H,6-7,9,11-13,15,17-19,22,25-42,44,46-50,52,54-57H2,1-5H3,(H-,61,64,65,66)/b10-8-,16-14-,21-20-,24-23-,45-43+,53-51+. The van der Waals surface area contributed by atoms with Gasteiger partial charge in [0.15, 0.2) is 0 Å². The molecule has 0 saturated carbocycles. The van der Waals surface area contributed by atoms with Crippen LogP contribution in [0.25, 0.3) is 0 Å². The number of nitrogens with zero attached hydrogens (tertiary/aromatic N) is 1. The number of unbranched alkanes of at least 4 members (excludes halogenated alkanes) is 29. The molecule has 2 N–H and O–H groups in total. The average molecular weight is 988 g/mol. The van der Waals surface area contributed by atoms with Crippen molar-refractivity contribution in [3.63, 3.8) is 0 Å². The van der Waals surface area contributed by atoms with Gasteiger partial charge in [0.25, 0.3) is 7.82 Å². The third kappa shape index (κ3) is 53.6. The van der Waals surface area contributed by atoms with Crippen LogP contribution in [0.1, 0.15) is 251 Å². The number of hydrogen-bond acceptors (Lipinski definition) is 6. The number of rotatable bonds is 52. The van der Waals surface area contributed by atoms with Gasteiger partial charge >= 0.3 is 0 Å². The van der Waals surface area contributed by atoms with Crippen LogP contribution in [-0.4, -0.2) is 68.5 Å². The molecule has 0 aliphatic heterocycles. The Hall–Kier alpha value is -2.06. The zero-order chi connectivity index (χ0) is 50.6. The first-order valence-corrected chi connectivity index (χ1v) is 30.3. The maximum absolute atomic E-state index is 12.9. The fraction of sp³-hybridized carbons (Fsp3) is 0.783. The van der Waals surface area contributed by atoms with E-state index in [1.54, 1.807) is 6.08 Å².